The average Bonchev–Trinajstić information content (AvgIpc) is 2.64. The Morgan fingerprint density at radius 1 is 0.346 bits per heavy atom. The van der Waals surface area contributed by atoms with Crippen molar-refractivity contribution in [3.63, 3.8) is 0 Å². The maximum atomic E-state index is 2.62. The molecule has 0 radical (unpaired) electrons. The van der Waals surface area contributed by atoms with Crippen LogP contribution in [-0.2, 0) is 0 Å². The van der Waals surface area contributed by atoms with Gasteiger partial charge in [-0.3, -0.25) is 0 Å². The summed E-state index contributed by atoms with van der Waals surface area (Å²) in [6.07, 6.45) is 30.5. The Morgan fingerprint density at radius 2 is 0.577 bits per heavy atom. The molecule has 158 valence electrons. The van der Waals surface area contributed by atoms with Crippen LogP contribution in [0.15, 0.2) is 0 Å². The van der Waals surface area contributed by atoms with Gasteiger partial charge >= 0.3 is 0 Å². The predicted octanol–water partition coefficient (Wildman–Crippen LogP) is 10.2. The van der Waals surface area contributed by atoms with Crippen LogP contribution in [0.2, 0.25) is 0 Å². The van der Waals surface area contributed by atoms with Crippen molar-refractivity contribution in [2.45, 2.75) is 163 Å². The van der Waals surface area contributed by atoms with Crippen molar-refractivity contribution in [2.75, 3.05) is 0 Å². The fourth-order valence-electron chi connectivity index (χ4n) is 4.37. The van der Waals surface area contributed by atoms with E-state index in [0.29, 0.717) is 5.41 Å². The predicted molar refractivity (Wildman–Crippen MR) is 122 cm³/mol. The zero-order valence-electron chi connectivity index (χ0n) is 19.3. The molecule has 0 heteroatoms. The molecular formula is C26H54. The van der Waals surface area contributed by atoms with Crippen LogP contribution in [0.4, 0.5) is 0 Å². The van der Waals surface area contributed by atoms with E-state index in [1.165, 1.54) is 135 Å². The van der Waals surface area contributed by atoms with Crippen molar-refractivity contribution in [3.05, 3.63) is 0 Å². The molecule has 0 nitrogen and oxygen atoms in total. The van der Waals surface area contributed by atoms with Gasteiger partial charge < -0.3 is 0 Å². The van der Waals surface area contributed by atoms with Gasteiger partial charge in [-0.05, 0) is 24.7 Å². The molecule has 0 aromatic heterocycles. The quantitative estimate of drug-likeness (QED) is 0.177. The van der Waals surface area contributed by atoms with E-state index in [9.17, 15) is 0 Å². The van der Waals surface area contributed by atoms with E-state index < -0.39 is 0 Å². The van der Waals surface area contributed by atoms with Crippen molar-refractivity contribution in [1.29, 1.82) is 0 Å². The van der Waals surface area contributed by atoms with Crippen molar-refractivity contribution >= 4 is 0 Å². The molecule has 0 aliphatic carbocycles. The lowest BCUT2D eigenvalue weighted by Crippen LogP contribution is -2.16. The highest BCUT2D eigenvalue weighted by molar-refractivity contribution is 4.75. The van der Waals surface area contributed by atoms with E-state index in [0.717, 1.165) is 0 Å². The van der Waals surface area contributed by atoms with Crippen molar-refractivity contribution in [1.82, 2.24) is 0 Å². The van der Waals surface area contributed by atoms with Gasteiger partial charge in [0.1, 0.15) is 0 Å². The van der Waals surface area contributed by atoms with Crippen LogP contribution in [0.1, 0.15) is 163 Å². The molecule has 0 bridgehead atoms. The van der Waals surface area contributed by atoms with Crippen molar-refractivity contribution in [3.8, 4) is 0 Å². The van der Waals surface area contributed by atoms with Crippen molar-refractivity contribution in [2.24, 2.45) is 5.41 Å². The summed E-state index contributed by atoms with van der Waals surface area (Å²) in [6.45, 7) is 9.57. The van der Waals surface area contributed by atoms with Crippen LogP contribution in [0.25, 0.3) is 0 Å². The zero-order valence-corrected chi connectivity index (χ0v) is 19.3. The second-order valence-electron chi connectivity index (χ2n) is 9.36. The molecule has 1 unspecified atom stereocenters. The lowest BCUT2D eigenvalue weighted by atomic mass is 9.75. The Balaban J connectivity index is 4.00. The molecule has 0 aliphatic heterocycles. The van der Waals surface area contributed by atoms with Gasteiger partial charge in [0.05, 0.1) is 0 Å². The SMILES string of the molecule is CCCCCCCCCC(C)(CCCCCCC)CCCCCCCC. The fraction of sp³-hybridized carbons (Fsp3) is 1.00. The summed E-state index contributed by atoms with van der Waals surface area (Å²) >= 11 is 0. The molecule has 0 saturated carbocycles. The van der Waals surface area contributed by atoms with Gasteiger partial charge in [0, 0.05) is 0 Å². The van der Waals surface area contributed by atoms with Gasteiger partial charge in [0.2, 0.25) is 0 Å². The van der Waals surface area contributed by atoms with E-state index in [4.69, 9.17) is 0 Å². The minimum Gasteiger partial charge on any atom is -0.0654 e. The first-order valence-corrected chi connectivity index (χ1v) is 12.7. The topological polar surface area (TPSA) is 0 Å². The van der Waals surface area contributed by atoms with Gasteiger partial charge in [0.25, 0.3) is 0 Å². The molecule has 26 heavy (non-hydrogen) atoms. The number of rotatable bonds is 21. The molecule has 0 amide bonds. The van der Waals surface area contributed by atoms with Gasteiger partial charge in [-0.1, -0.05) is 143 Å². The first kappa shape index (κ1) is 26.0. The molecule has 0 aromatic rings. The maximum Gasteiger partial charge on any atom is -0.0326 e. The molecule has 0 heterocycles. The second kappa shape index (κ2) is 19.8. The van der Waals surface area contributed by atoms with E-state index >= 15 is 0 Å². The molecule has 0 aromatic carbocycles. The third-order valence-corrected chi connectivity index (χ3v) is 6.40. The summed E-state index contributed by atoms with van der Waals surface area (Å²) < 4.78 is 0. The first-order chi connectivity index (χ1) is 12.7. The Kier molecular flexibility index (Phi) is 19.8. The van der Waals surface area contributed by atoms with Crippen LogP contribution in [-0.4, -0.2) is 0 Å². The Labute approximate surface area is 168 Å². The highest BCUT2D eigenvalue weighted by Crippen LogP contribution is 2.36. The zero-order chi connectivity index (χ0) is 19.3. The van der Waals surface area contributed by atoms with E-state index in [1.807, 2.05) is 0 Å². The van der Waals surface area contributed by atoms with Crippen molar-refractivity contribution < 1.29 is 0 Å². The third kappa shape index (κ3) is 17.4. The third-order valence-electron chi connectivity index (χ3n) is 6.40. The number of unbranched alkanes of at least 4 members (excludes halogenated alkanes) is 15. The summed E-state index contributed by atoms with van der Waals surface area (Å²) in [5.41, 5.74) is 0.639. The summed E-state index contributed by atoms with van der Waals surface area (Å²) in [5.74, 6) is 0. The molecule has 0 fully saturated rings. The lowest BCUT2D eigenvalue weighted by Gasteiger charge is -2.30. The molecule has 0 rings (SSSR count). The summed E-state index contributed by atoms with van der Waals surface area (Å²) in [5, 5.41) is 0. The normalized spacial score (nSPS) is 13.8. The highest BCUT2D eigenvalue weighted by atomic mass is 14.3. The van der Waals surface area contributed by atoms with Gasteiger partial charge in [-0.25, -0.2) is 0 Å². The lowest BCUT2D eigenvalue weighted by molar-refractivity contribution is 0.222. The van der Waals surface area contributed by atoms with Crippen LogP contribution < -0.4 is 0 Å². The van der Waals surface area contributed by atoms with E-state index in [1.54, 1.807) is 0 Å². The summed E-state index contributed by atoms with van der Waals surface area (Å²) in [4.78, 5) is 0. The highest BCUT2D eigenvalue weighted by Gasteiger charge is 2.22. The summed E-state index contributed by atoms with van der Waals surface area (Å²) in [7, 11) is 0. The Morgan fingerprint density at radius 3 is 0.846 bits per heavy atom. The van der Waals surface area contributed by atoms with Gasteiger partial charge in [-0.15, -0.1) is 0 Å². The van der Waals surface area contributed by atoms with Crippen LogP contribution >= 0.6 is 0 Å². The maximum absolute atomic E-state index is 2.62. The van der Waals surface area contributed by atoms with Crippen LogP contribution in [0.5, 0.6) is 0 Å². The standard InChI is InChI=1S/C26H54/c1-5-8-11-14-16-19-22-25-26(4,23-20-17-13-10-7-3)24-21-18-15-12-9-6-2/h5-25H2,1-4H3. The Bertz CT molecular complexity index is 257. The first-order valence-electron chi connectivity index (χ1n) is 12.7. The number of hydrogen-bond acceptors (Lipinski definition) is 0. The minimum absolute atomic E-state index is 0.639. The van der Waals surface area contributed by atoms with Crippen LogP contribution in [0.3, 0.4) is 0 Å². The fourth-order valence-corrected chi connectivity index (χ4v) is 4.37. The molecule has 0 aliphatic rings. The van der Waals surface area contributed by atoms with Gasteiger partial charge in [-0.2, -0.15) is 0 Å². The molecule has 0 spiro atoms. The number of hydrogen-bond donors (Lipinski definition) is 0. The van der Waals surface area contributed by atoms with Crippen LogP contribution in [0, 0.1) is 5.41 Å². The molecule has 0 N–H and O–H groups in total. The summed E-state index contributed by atoms with van der Waals surface area (Å²) in [6, 6.07) is 0. The second-order valence-corrected chi connectivity index (χ2v) is 9.36. The smallest absolute Gasteiger partial charge is 0.0326 e. The van der Waals surface area contributed by atoms with E-state index in [-0.39, 0.29) is 0 Å². The van der Waals surface area contributed by atoms with Gasteiger partial charge in [0.15, 0.2) is 0 Å². The molecule has 1 atom stereocenters. The Hall–Kier alpha value is 0. The average molecular weight is 367 g/mol. The largest absolute Gasteiger partial charge is 0.0654 e. The minimum atomic E-state index is 0.639. The molecule has 0 saturated heterocycles. The monoisotopic (exact) mass is 366 g/mol. The van der Waals surface area contributed by atoms with E-state index in [2.05, 4.69) is 27.7 Å². The molecular weight excluding hydrogens is 312 g/mol.